The van der Waals surface area contributed by atoms with Crippen molar-refractivity contribution in [1.82, 2.24) is 5.32 Å². The summed E-state index contributed by atoms with van der Waals surface area (Å²) in [5.41, 5.74) is 0.754. The number of anilines is 1. The van der Waals surface area contributed by atoms with E-state index in [1.54, 1.807) is 12.1 Å². The molecule has 4 atom stereocenters. The quantitative estimate of drug-likeness (QED) is 0.779. The van der Waals surface area contributed by atoms with Crippen molar-refractivity contribution in [2.45, 2.75) is 45.3 Å². The molecule has 3 rings (SSSR count). The summed E-state index contributed by atoms with van der Waals surface area (Å²) in [5, 5.41) is 7.04. The Morgan fingerprint density at radius 3 is 2.52 bits per heavy atom. The van der Waals surface area contributed by atoms with Crippen molar-refractivity contribution in [3.63, 3.8) is 0 Å². The third-order valence-corrected chi connectivity index (χ3v) is 5.35. The molecule has 4 unspecified atom stereocenters. The molecular weight excluding hydrogens is 318 g/mol. The van der Waals surface area contributed by atoms with Crippen LogP contribution in [-0.4, -0.2) is 17.8 Å². The second-order valence-corrected chi connectivity index (χ2v) is 7.04. The lowest BCUT2D eigenvalue weighted by Crippen LogP contribution is -2.42. The monoisotopic (exact) mass is 340 g/mol. The van der Waals surface area contributed by atoms with Crippen molar-refractivity contribution in [3.05, 3.63) is 24.3 Å². The summed E-state index contributed by atoms with van der Waals surface area (Å²) in [4.78, 5) is 0. The van der Waals surface area contributed by atoms with E-state index >= 15 is 0 Å². The molecular formula is C17H22F2N2OS. The van der Waals surface area contributed by atoms with E-state index in [4.69, 9.17) is 12.2 Å². The van der Waals surface area contributed by atoms with Gasteiger partial charge in [0.2, 0.25) is 0 Å². The van der Waals surface area contributed by atoms with E-state index in [2.05, 4.69) is 22.3 Å². The SMILES string of the molecule is CC(NC(=S)Nc1ccc(OC(F)F)cc1)C1CC2CCC1C2. The summed E-state index contributed by atoms with van der Waals surface area (Å²) in [6, 6.07) is 6.70. The van der Waals surface area contributed by atoms with Crippen LogP contribution >= 0.6 is 12.2 Å². The molecule has 2 aliphatic rings. The van der Waals surface area contributed by atoms with Gasteiger partial charge >= 0.3 is 6.61 Å². The number of halogens is 2. The van der Waals surface area contributed by atoms with Gasteiger partial charge in [-0.1, -0.05) is 6.42 Å². The minimum absolute atomic E-state index is 0.139. The fraction of sp³-hybridized carbons (Fsp3) is 0.588. The maximum Gasteiger partial charge on any atom is 0.387 e. The lowest BCUT2D eigenvalue weighted by Gasteiger charge is -2.29. The average molecular weight is 340 g/mol. The van der Waals surface area contributed by atoms with Crippen LogP contribution in [0, 0.1) is 17.8 Å². The van der Waals surface area contributed by atoms with Crippen LogP contribution in [-0.2, 0) is 0 Å². The molecule has 2 N–H and O–H groups in total. The highest BCUT2D eigenvalue weighted by atomic mass is 32.1. The van der Waals surface area contributed by atoms with Gasteiger partial charge in [-0.25, -0.2) is 0 Å². The molecule has 2 bridgehead atoms. The second-order valence-electron chi connectivity index (χ2n) is 6.63. The van der Waals surface area contributed by atoms with Gasteiger partial charge in [0.15, 0.2) is 5.11 Å². The summed E-state index contributed by atoms with van der Waals surface area (Å²) in [7, 11) is 0. The number of ether oxygens (including phenoxy) is 1. The Balaban J connectivity index is 1.49. The van der Waals surface area contributed by atoms with Crippen molar-refractivity contribution in [2.75, 3.05) is 5.32 Å². The lowest BCUT2D eigenvalue weighted by molar-refractivity contribution is -0.0498. The van der Waals surface area contributed by atoms with Gasteiger partial charge in [-0.2, -0.15) is 8.78 Å². The summed E-state index contributed by atoms with van der Waals surface area (Å²) >= 11 is 5.36. The van der Waals surface area contributed by atoms with Crippen LogP contribution in [0.3, 0.4) is 0 Å². The molecule has 126 valence electrons. The fourth-order valence-electron chi connectivity index (χ4n) is 4.11. The number of rotatable bonds is 5. The predicted octanol–water partition coefficient (Wildman–Crippen LogP) is 4.40. The van der Waals surface area contributed by atoms with E-state index in [1.165, 1.54) is 37.8 Å². The molecule has 3 nitrogen and oxygen atoms in total. The predicted molar refractivity (Wildman–Crippen MR) is 90.8 cm³/mol. The van der Waals surface area contributed by atoms with Gasteiger partial charge in [-0.15, -0.1) is 0 Å². The van der Waals surface area contributed by atoms with E-state index in [1.807, 2.05) is 0 Å². The number of thiocarbonyl (C=S) groups is 1. The van der Waals surface area contributed by atoms with Crippen LogP contribution < -0.4 is 15.4 Å². The third kappa shape index (κ3) is 4.10. The van der Waals surface area contributed by atoms with Gasteiger partial charge in [0.05, 0.1) is 0 Å². The van der Waals surface area contributed by atoms with Crippen LogP contribution in [0.2, 0.25) is 0 Å². The Kier molecular flexibility index (Phi) is 4.99. The Morgan fingerprint density at radius 1 is 1.22 bits per heavy atom. The number of benzene rings is 1. The van der Waals surface area contributed by atoms with Gasteiger partial charge < -0.3 is 15.4 Å². The molecule has 0 amide bonds. The molecule has 1 aromatic rings. The number of alkyl halides is 2. The molecule has 0 aromatic heterocycles. The average Bonchev–Trinajstić information content (AvgIpc) is 3.11. The largest absolute Gasteiger partial charge is 0.435 e. The first-order valence-corrected chi connectivity index (χ1v) is 8.54. The van der Waals surface area contributed by atoms with Gasteiger partial charge in [-0.05, 0) is 80.4 Å². The highest BCUT2D eigenvalue weighted by Gasteiger charge is 2.41. The van der Waals surface area contributed by atoms with Crippen LogP contribution in [0.25, 0.3) is 0 Å². The van der Waals surface area contributed by atoms with Crippen molar-refractivity contribution < 1.29 is 13.5 Å². The summed E-state index contributed by atoms with van der Waals surface area (Å²) in [6.07, 6.45) is 5.43. The molecule has 2 aliphatic carbocycles. The van der Waals surface area contributed by atoms with Crippen LogP contribution in [0.5, 0.6) is 5.75 Å². The van der Waals surface area contributed by atoms with Crippen molar-refractivity contribution in [2.24, 2.45) is 17.8 Å². The zero-order valence-electron chi connectivity index (χ0n) is 13.1. The maximum absolute atomic E-state index is 12.1. The Hall–Kier alpha value is -1.43. The van der Waals surface area contributed by atoms with Crippen LogP contribution in [0.4, 0.5) is 14.5 Å². The number of fused-ring (bicyclic) bond motifs is 2. The van der Waals surface area contributed by atoms with Crippen molar-refractivity contribution in [1.29, 1.82) is 0 Å². The van der Waals surface area contributed by atoms with Crippen LogP contribution in [0.15, 0.2) is 24.3 Å². The molecule has 0 aliphatic heterocycles. The fourth-order valence-corrected chi connectivity index (χ4v) is 4.41. The second kappa shape index (κ2) is 6.99. The molecule has 6 heteroatoms. The first-order chi connectivity index (χ1) is 11.0. The molecule has 0 radical (unpaired) electrons. The Labute approximate surface area is 140 Å². The number of hydrogen-bond donors (Lipinski definition) is 2. The molecule has 1 aromatic carbocycles. The maximum atomic E-state index is 12.1. The zero-order chi connectivity index (χ0) is 16.4. The topological polar surface area (TPSA) is 33.3 Å². The first-order valence-electron chi connectivity index (χ1n) is 8.13. The molecule has 23 heavy (non-hydrogen) atoms. The zero-order valence-corrected chi connectivity index (χ0v) is 13.9. The Morgan fingerprint density at radius 2 is 1.96 bits per heavy atom. The Bertz CT molecular complexity index is 552. The minimum Gasteiger partial charge on any atom is -0.435 e. The van der Waals surface area contributed by atoms with Gasteiger partial charge in [0, 0.05) is 11.7 Å². The van der Waals surface area contributed by atoms with Gasteiger partial charge in [0.1, 0.15) is 5.75 Å². The van der Waals surface area contributed by atoms with Crippen molar-refractivity contribution >= 4 is 23.0 Å². The highest BCUT2D eigenvalue weighted by Crippen LogP contribution is 2.49. The number of hydrogen-bond acceptors (Lipinski definition) is 2. The van der Waals surface area contributed by atoms with Gasteiger partial charge in [0.25, 0.3) is 0 Å². The summed E-state index contributed by atoms with van der Waals surface area (Å²) in [5.74, 6) is 2.60. The lowest BCUT2D eigenvalue weighted by atomic mass is 9.84. The van der Waals surface area contributed by atoms with Crippen LogP contribution in [0.1, 0.15) is 32.6 Å². The van der Waals surface area contributed by atoms with E-state index in [0.717, 1.165) is 17.5 Å². The van der Waals surface area contributed by atoms with E-state index in [9.17, 15) is 8.78 Å². The normalized spacial score (nSPS) is 27.0. The van der Waals surface area contributed by atoms with Gasteiger partial charge in [-0.3, -0.25) is 0 Å². The molecule has 2 fully saturated rings. The molecule has 0 spiro atoms. The molecule has 0 heterocycles. The van der Waals surface area contributed by atoms with E-state index < -0.39 is 6.61 Å². The van der Waals surface area contributed by atoms with E-state index in [-0.39, 0.29) is 5.75 Å². The highest BCUT2D eigenvalue weighted by molar-refractivity contribution is 7.80. The molecule has 0 saturated heterocycles. The van der Waals surface area contributed by atoms with Crippen molar-refractivity contribution in [3.8, 4) is 5.75 Å². The number of nitrogens with one attached hydrogen (secondary N) is 2. The third-order valence-electron chi connectivity index (χ3n) is 5.13. The smallest absolute Gasteiger partial charge is 0.387 e. The standard InChI is InChI=1S/C17H22F2N2OS/c1-10(15-9-11-2-3-12(15)8-11)20-17(23)21-13-4-6-14(7-5-13)22-16(18)19/h4-7,10-12,15-16H,2-3,8-9H2,1H3,(H2,20,21,23). The van der Waals surface area contributed by atoms with E-state index in [0.29, 0.717) is 17.1 Å². The minimum atomic E-state index is -2.81. The summed E-state index contributed by atoms with van der Waals surface area (Å²) < 4.78 is 28.6. The first kappa shape index (κ1) is 16.4. The molecule has 2 saturated carbocycles. The summed E-state index contributed by atoms with van der Waals surface area (Å²) in [6.45, 7) is -0.613.